The molecule has 30 heavy (non-hydrogen) atoms. The highest BCUT2D eigenvalue weighted by molar-refractivity contribution is 5.75. The Bertz CT molecular complexity index is 902. The van der Waals surface area contributed by atoms with Crippen LogP contribution in [0.1, 0.15) is 43.2 Å². The lowest BCUT2D eigenvalue weighted by Crippen LogP contribution is -2.52. The lowest BCUT2D eigenvalue weighted by molar-refractivity contribution is 0.0255. The van der Waals surface area contributed by atoms with Crippen LogP contribution in [-0.4, -0.2) is 48.9 Å². The number of urea groups is 1. The summed E-state index contributed by atoms with van der Waals surface area (Å²) in [5.41, 5.74) is 2.52. The molecule has 0 bridgehead atoms. The van der Waals surface area contributed by atoms with Gasteiger partial charge in [0.05, 0.1) is 12.6 Å². The lowest BCUT2D eigenvalue weighted by atomic mass is 9.84. The molecule has 6 unspecified atom stereocenters. The standard InChI is InChI=1S/C25H30N2O3/c1-16-19-10-6-7-11-23(19)30-24(16)17(2)26-25(28)27-14-20(18-8-4-3-5-9-18)21-15-29-13-12-22(21)27/h3-11,16-17,20-22,24H,12-15H2,1-2H3,(H,26,28). The van der Waals surface area contributed by atoms with Crippen molar-refractivity contribution in [1.82, 2.24) is 10.2 Å². The molecule has 5 nitrogen and oxygen atoms in total. The SMILES string of the molecule is CC(NC(=O)N1CC(c2ccccc2)C2COCCC21)C1Oc2ccccc2C1C. The van der Waals surface area contributed by atoms with Crippen molar-refractivity contribution < 1.29 is 14.3 Å². The zero-order chi connectivity index (χ0) is 20.7. The number of hydrogen-bond acceptors (Lipinski definition) is 3. The van der Waals surface area contributed by atoms with Gasteiger partial charge in [-0.3, -0.25) is 0 Å². The first-order chi connectivity index (χ1) is 14.6. The third-order valence-electron chi connectivity index (χ3n) is 7.17. The first kappa shape index (κ1) is 19.4. The summed E-state index contributed by atoms with van der Waals surface area (Å²) in [6.07, 6.45) is 0.849. The Labute approximate surface area is 178 Å². The lowest BCUT2D eigenvalue weighted by Gasteiger charge is -2.33. The minimum absolute atomic E-state index is 0.0181. The van der Waals surface area contributed by atoms with E-state index in [9.17, 15) is 4.79 Å². The highest BCUT2D eigenvalue weighted by atomic mass is 16.5. The monoisotopic (exact) mass is 406 g/mol. The molecule has 0 aromatic heterocycles. The van der Waals surface area contributed by atoms with Gasteiger partial charge in [0.15, 0.2) is 0 Å². The van der Waals surface area contributed by atoms with Crippen LogP contribution in [0.2, 0.25) is 0 Å². The van der Waals surface area contributed by atoms with Gasteiger partial charge in [-0.05, 0) is 25.0 Å². The first-order valence-corrected chi connectivity index (χ1v) is 11.1. The number of nitrogens with one attached hydrogen (secondary N) is 1. The average molecular weight is 407 g/mol. The molecule has 0 aliphatic carbocycles. The molecular weight excluding hydrogens is 376 g/mol. The molecule has 0 radical (unpaired) electrons. The Morgan fingerprint density at radius 2 is 1.90 bits per heavy atom. The van der Waals surface area contributed by atoms with E-state index in [1.807, 2.05) is 29.2 Å². The van der Waals surface area contributed by atoms with E-state index >= 15 is 0 Å². The fourth-order valence-electron chi connectivity index (χ4n) is 5.57. The molecule has 3 heterocycles. The minimum Gasteiger partial charge on any atom is -0.487 e. The molecule has 5 rings (SSSR count). The van der Waals surface area contributed by atoms with Crippen LogP contribution in [0.15, 0.2) is 54.6 Å². The van der Waals surface area contributed by atoms with Gasteiger partial charge in [-0.1, -0.05) is 55.5 Å². The van der Waals surface area contributed by atoms with Crippen molar-refractivity contribution in [1.29, 1.82) is 0 Å². The van der Waals surface area contributed by atoms with E-state index in [1.54, 1.807) is 0 Å². The van der Waals surface area contributed by atoms with Gasteiger partial charge in [-0.15, -0.1) is 0 Å². The average Bonchev–Trinajstić information content (AvgIpc) is 3.33. The van der Waals surface area contributed by atoms with E-state index in [2.05, 4.69) is 49.5 Å². The number of nitrogens with zero attached hydrogens (tertiary/aromatic N) is 1. The molecule has 5 heteroatoms. The molecule has 158 valence electrons. The van der Waals surface area contributed by atoms with Crippen molar-refractivity contribution in [3.63, 3.8) is 0 Å². The largest absolute Gasteiger partial charge is 0.487 e. The second-order valence-corrected chi connectivity index (χ2v) is 8.91. The maximum absolute atomic E-state index is 13.3. The normalized spacial score (nSPS) is 30.9. The third-order valence-corrected chi connectivity index (χ3v) is 7.17. The summed E-state index contributed by atoms with van der Waals surface area (Å²) in [5.74, 6) is 1.87. The highest BCUT2D eigenvalue weighted by Crippen LogP contribution is 2.41. The van der Waals surface area contributed by atoms with Crippen LogP contribution in [0, 0.1) is 5.92 Å². The number of benzene rings is 2. The molecule has 0 spiro atoms. The molecule has 2 aromatic rings. The molecule has 2 saturated heterocycles. The molecular formula is C25H30N2O3. The second-order valence-electron chi connectivity index (χ2n) is 8.91. The summed E-state index contributed by atoms with van der Waals surface area (Å²) in [6, 6.07) is 18.9. The first-order valence-electron chi connectivity index (χ1n) is 11.1. The number of fused-ring (bicyclic) bond motifs is 2. The van der Waals surface area contributed by atoms with Crippen molar-refractivity contribution >= 4 is 6.03 Å². The van der Waals surface area contributed by atoms with E-state index < -0.39 is 0 Å². The van der Waals surface area contributed by atoms with Gasteiger partial charge in [0.2, 0.25) is 0 Å². The van der Waals surface area contributed by atoms with Crippen LogP contribution in [0.5, 0.6) is 5.75 Å². The van der Waals surface area contributed by atoms with E-state index in [0.29, 0.717) is 11.8 Å². The second kappa shape index (κ2) is 7.95. The summed E-state index contributed by atoms with van der Waals surface area (Å²) in [6.45, 7) is 6.41. The number of carbonyl (C=O) groups excluding carboxylic acids is 1. The molecule has 2 aromatic carbocycles. The van der Waals surface area contributed by atoms with Crippen molar-refractivity contribution in [2.45, 2.75) is 50.3 Å². The summed E-state index contributed by atoms with van der Waals surface area (Å²) in [5, 5.41) is 3.26. The number of para-hydroxylation sites is 1. The summed E-state index contributed by atoms with van der Waals surface area (Å²) in [7, 11) is 0. The summed E-state index contributed by atoms with van der Waals surface area (Å²) >= 11 is 0. The number of hydrogen-bond donors (Lipinski definition) is 1. The molecule has 3 aliphatic heterocycles. The van der Waals surface area contributed by atoms with E-state index in [-0.39, 0.29) is 30.1 Å². The number of rotatable bonds is 3. The Hall–Kier alpha value is -2.53. The Balaban J connectivity index is 1.30. The van der Waals surface area contributed by atoms with Crippen molar-refractivity contribution in [2.24, 2.45) is 5.92 Å². The van der Waals surface area contributed by atoms with Gasteiger partial charge in [0, 0.05) is 42.5 Å². The fourth-order valence-corrected chi connectivity index (χ4v) is 5.57. The topological polar surface area (TPSA) is 50.8 Å². The predicted molar refractivity (Wildman–Crippen MR) is 116 cm³/mol. The van der Waals surface area contributed by atoms with Gasteiger partial charge >= 0.3 is 6.03 Å². The molecule has 1 N–H and O–H groups in total. The molecule has 3 aliphatic rings. The van der Waals surface area contributed by atoms with Crippen molar-refractivity contribution in [2.75, 3.05) is 19.8 Å². The number of ether oxygens (including phenoxy) is 2. The van der Waals surface area contributed by atoms with Gasteiger partial charge in [-0.2, -0.15) is 0 Å². The molecule has 2 fully saturated rings. The Kier molecular flexibility index (Phi) is 5.15. The highest BCUT2D eigenvalue weighted by Gasteiger charge is 2.46. The van der Waals surface area contributed by atoms with Gasteiger partial charge in [-0.25, -0.2) is 4.79 Å². The number of likely N-dealkylation sites (tertiary alicyclic amines) is 1. The van der Waals surface area contributed by atoms with Gasteiger partial charge in [0.25, 0.3) is 0 Å². The van der Waals surface area contributed by atoms with Crippen molar-refractivity contribution in [3.8, 4) is 5.75 Å². The van der Waals surface area contributed by atoms with Gasteiger partial charge < -0.3 is 19.7 Å². The summed E-state index contributed by atoms with van der Waals surface area (Å²) < 4.78 is 12.0. The van der Waals surface area contributed by atoms with E-state index in [4.69, 9.17) is 9.47 Å². The smallest absolute Gasteiger partial charge is 0.318 e. The Morgan fingerprint density at radius 1 is 1.13 bits per heavy atom. The van der Waals surface area contributed by atoms with Crippen LogP contribution in [-0.2, 0) is 4.74 Å². The van der Waals surface area contributed by atoms with Crippen LogP contribution in [0.25, 0.3) is 0 Å². The number of amides is 2. The maximum atomic E-state index is 13.3. The molecule has 0 saturated carbocycles. The number of carbonyl (C=O) groups is 1. The van der Waals surface area contributed by atoms with E-state index in [0.717, 1.165) is 31.9 Å². The zero-order valence-electron chi connectivity index (χ0n) is 17.7. The van der Waals surface area contributed by atoms with Crippen LogP contribution >= 0.6 is 0 Å². The fraction of sp³-hybridized carbons (Fsp3) is 0.480. The minimum atomic E-state index is -0.0750. The van der Waals surface area contributed by atoms with Gasteiger partial charge in [0.1, 0.15) is 11.9 Å². The van der Waals surface area contributed by atoms with Crippen molar-refractivity contribution in [3.05, 3.63) is 65.7 Å². The van der Waals surface area contributed by atoms with Crippen LogP contribution in [0.4, 0.5) is 4.79 Å². The van der Waals surface area contributed by atoms with Crippen LogP contribution < -0.4 is 10.1 Å². The maximum Gasteiger partial charge on any atom is 0.318 e. The van der Waals surface area contributed by atoms with E-state index in [1.165, 1.54) is 11.1 Å². The zero-order valence-corrected chi connectivity index (χ0v) is 17.7. The molecule has 6 atom stereocenters. The third kappa shape index (κ3) is 3.35. The Morgan fingerprint density at radius 3 is 2.70 bits per heavy atom. The van der Waals surface area contributed by atoms with Crippen LogP contribution in [0.3, 0.4) is 0 Å². The predicted octanol–water partition coefficient (Wildman–Crippen LogP) is 4.15. The molecule has 2 amide bonds. The quantitative estimate of drug-likeness (QED) is 0.833. The summed E-state index contributed by atoms with van der Waals surface area (Å²) in [4.78, 5) is 15.4.